The second-order valence-corrected chi connectivity index (χ2v) is 2.05. The first-order chi connectivity index (χ1) is 4.31. The molecule has 0 aromatic carbocycles. The van der Waals surface area contributed by atoms with E-state index in [4.69, 9.17) is 5.11 Å². The summed E-state index contributed by atoms with van der Waals surface area (Å²) in [5.74, 6) is 0. The Balaban J connectivity index is 3.16. The first-order valence-corrected chi connectivity index (χ1v) is 3.33. The lowest BCUT2D eigenvalue weighted by atomic mass is 10.1. The second-order valence-electron chi connectivity index (χ2n) is 2.05. The summed E-state index contributed by atoms with van der Waals surface area (Å²) in [5.41, 5.74) is 2.66. The third kappa shape index (κ3) is 5.35. The van der Waals surface area contributed by atoms with Crippen molar-refractivity contribution in [2.75, 3.05) is 0 Å². The van der Waals surface area contributed by atoms with Crippen molar-refractivity contribution in [3.63, 3.8) is 0 Å². The van der Waals surface area contributed by atoms with E-state index in [-0.39, 0.29) is 6.10 Å². The summed E-state index contributed by atoms with van der Waals surface area (Å²) in [7, 11) is 0. The summed E-state index contributed by atoms with van der Waals surface area (Å²) < 4.78 is 0. The van der Waals surface area contributed by atoms with E-state index in [1.165, 1.54) is 0 Å². The van der Waals surface area contributed by atoms with Crippen LogP contribution in [0.25, 0.3) is 0 Å². The fraction of sp³-hybridized carbons (Fsp3) is 0.625. The topological polar surface area (TPSA) is 20.2 Å². The maximum atomic E-state index is 9.02. The van der Waals surface area contributed by atoms with Crippen LogP contribution in [0.3, 0.4) is 0 Å². The van der Waals surface area contributed by atoms with E-state index in [0.29, 0.717) is 0 Å². The highest BCUT2D eigenvalue weighted by Crippen LogP contribution is 2.00. The normalized spacial score (nSPS) is 12.2. The van der Waals surface area contributed by atoms with Crippen LogP contribution in [0.4, 0.5) is 0 Å². The average molecular weight is 126 g/mol. The first kappa shape index (κ1) is 8.48. The number of allylic oxidation sites excluding steroid dienone is 1. The van der Waals surface area contributed by atoms with Crippen LogP contribution < -0.4 is 0 Å². The molecule has 0 fully saturated rings. The van der Waals surface area contributed by atoms with Crippen molar-refractivity contribution in [3.05, 3.63) is 18.4 Å². The third-order valence-corrected chi connectivity index (χ3v) is 1.26. The van der Waals surface area contributed by atoms with Crippen LogP contribution in [0.5, 0.6) is 0 Å². The van der Waals surface area contributed by atoms with Crippen molar-refractivity contribution in [3.8, 4) is 0 Å². The molecule has 0 aliphatic carbocycles. The molecular formula is C8H14O. The van der Waals surface area contributed by atoms with Gasteiger partial charge < -0.3 is 5.11 Å². The van der Waals surface area contributed by atoms with E-state index in [9.17, 15) is 0 Å². The summed E-state index contributed by atoms with van der Waals surface area (Å²) in [5, 5.41) is 9.02. The molecule has 0 saturated heterocycles. The maximum absolute atomic E-state index is 9.02. The summed E-state index contributed by atoms with van der Waals surface area (Å²) in [6.45, 7) is 5.40. The van der Waals surface area contributed by atoms with Crippen LogP contribution in [0, 0.1) is 0 Å². The molecular weight excluding hydrogens is 112 g/mol. The molecule has 0 aliphatic rings. The Hall–Kier alpha value is -0.520. The Kier molecular flexibility index (Phi) is 5.29. The minimum atomic E-state index is -0.144. The standard InChI is InChI=1S/C8H14O/c1-3-5-6-7-8(9)4-2/h5,8-9H,1,4,6-7H2,2H3. The molecule has 52 valence electrons. The van der Waals surface area contributed by atoms with Crippen LogP contribution in [0.2, 0.25) is 0 Å². The van der Waals surface area contributed by atoms with Crippen LogP contribution in [-0.2, 0) is 0 Å². The molecule has 1 unspecified atom stereocenters. The molecule has 0 heterocycles. The largest absolute Gasteiger partial charge is 0.393 e. The van der Waals surface area contributed by atoms with E-state index < -0.39 is 0 Å². The van der Waals surface area contributed by atoms with Crippen LogP contribution in [0.1, 0.15) is 26.2 Å². The molecule has 1 heteroatoms. The third-order valence-electron chi connectivity index (χ3n) is 1.26. The SMILES string of the molecule is C=C=CCCC(O)CC. The molecule has 0 saturated carbocycles. The molecule has 1 atom stereocenters. The van der Waals surface area contributed by atoms with E-state index in [2.05, 4.69) is 12.3 Å². The molecule has 0 spiro atoms. The van der Waals surface area contributed by atoms with Gasteiger partial charge in [0.15, 0.2) is 0 Å². The Morgan fingerprint density at radius 2 is 2.44 bits per heavy atom. The first-order valence-electron chi connectivity index (χ1n) is 3.33. The molecule has 1 nitrogen and oxygen atoms in total. The minimum absolute atomic E-state index is 0.144. The summed E-state index contributed by atoms with van der Waals surface area (Å²) in [6, 6.07) is 0. The molecule has 0 bridgehead atoms. The van der Waals surface area contributed by atoms with Crippen molar-refractivity contribution in [2.24, 2.45) is 0 Å². The molecule has 0 radical (unpaired) electrons. The molecule has 0 amide bonds. The van der Waals surface area contributed by atoms with Crippen molar-refractivity contribution >= 4 is 0 Å². The molecule has 0 aromatic heterocycles. The smallest absolute Gasteiger partial charge is 0.0540 e. The highest BCUT2D eigenvalue weighted by molar-refractivity contribution is 4.76. The summed E-state index contributed by atoms with van der Waals surface area (Å²) in [6.07, 6.45) is 4.26. The second kappa shape index (κ2) is 5.61. The van der Waals surface area contributed by atoms with Crippen LogP contribution >= 0.6 is 0 Å². The number of aliphatic hydroxyl groups excluding tert-OH is 1. The summed E-state index contributed by atoms with van der Waals surface area (Å²) >= 11 is 0. The lowest BCUT2D eigenvalue weighted by molar-refractivity contribution is 0.161. The van der Waals surface area contributed by atoms with Gasteiger partial charge >= 0.3 is 0 Å². The van der Waals surface area contributed by atoms with E-state index in [1.807, 2.05) is 13.0 Å². The van der Waals surface area contributed by atoms with Crippen molar-refractivity contribution in [1.82, 2.24) is 0 Å². The highest BCUT2D eigenvalue weighted by Gasteiger charge is 1.95. The molecule has 0 aromatic rings. The Morgan fingerprint density at radius 3 is 2.89 bits per heavy atom. The van der Waals surface area contributed by atoms with Crippen LogP contribution in [-0.4, -0.2) is 11.2 Å². The van der Waals surface area contributed by atoms with E-state index in [1.54, 1.807) is 0 Å². The maximum Gasteiger partial charge on any atom is 0.0540 e. The Bertz CT molecular complexity index is 101. The Labute approximate surface area is 56.7 Å². The predicted molar refractivity (Wildman–Crippen MR) is 39.2 cm³/mol. The zero-order valence-electron chi connectivity index (χ0n) is 5.93. The lowest BCUT2D eigenvalue weighted by Gasteiger charge is -2.02. The zero-order valence-corrected chi connectivity index (χ0v) is 5.93. The van der Waals surface area contributed by atoms with Crippen molar-refractivity contribution in [1.29, 1.82) is 0 Å². The number of rotatable bonds is 4. The monoisotopic (exact) mass is 126 g/mol. The van der Waals surface area contributed by atoms with Crippen molar-refractivity contribution < 1.29 is 5.11 Å². The van der Waals surface area contributed by atoms with E-state index >= 15 is 0 Å². The van der Waals surface area contributed by atoms with Gasteiger partial charge in [-0.15, -0.1) is 5.73 Å². The lowest BCUT2D eigenvalue weighted by Crippen LogP contribution is -2.02. The number of hydrogen-bond donors (Lipinski definition) is 1. The van der Waals surface area contributed by atoms with Gasteiger partial charge in [-0.1, -0.05) is 13.5 Å². The molecule has 1 N–H and O–H groups in total. The van der Waals surface area contributed by atoms with E-state index in [0.717, 1.165) is 19.3 Å². The van der Waals surface area contributed by atoms with Gasteiger partial charge in [-0.25, -0.2) is 0 Å². The van der Waals surface area contributed by atoms with Gasteiger partial charge in [0.25, 0.3) is 0 Å². The highest BCUT2D eigenvalue weighted by atomic mass is 16.3. The minimum Gasteiger partial charge on any atom is -0.393 e. The fourth-order valence-corrected chi connectivity index (χ4v) is 0.582. The fourth-order valence-electron chi connectivity index (χ4n) is 0.582. The predicted octanol–water partition coefficient (Wildman–Crippen LogP) is 1.88. The zero-order chi connectivity index (χ0) is 7.11. The molecule has 0 rings (SSSR count). The number of aliphatic hydroxyl groups is 1. The average Bonchev–Trinajstić information content (AvgIpc) is 1.89. The van der Waals surface area contributed by atoms with Gasteiger partial charge in [0.05, 0.1) is 6.10 Å². The quantitative estimate of drug-likeness (QED) is 0.570. The summed E-state index contributed by atoms with van der Waals surface area (Å²) in [4.78, 5) is 0. The van der Waals surface area contributed by atoms with Gasteiger partial charge in [-0.3, -0.25) is 0 Å². The van der Waals surface area contributed by atoms with Gasteiger partial charge in [0, 0.05) is 0 Å². The van der Waals surface area contributed by atoms with Crippen LogP contribution in [0.15, 0.2) is 18.4 Å². The van der Waals surface area contributed by atoms with Gasteiger partial charge in [-0.2, -0.15) is 0 Å². The van der Waals surface area contributed by atoms with Gasteiger partial charge in [0.1, 0.15) is 0 Å². The Morgan fingerprint density at radius 1 is 1.78 bits per heavy atom. The molecule has 9 heavy (non-hydrogen) atoms. The molecule has 0 aliphatic heterocycles. The van der Waals surface area contributed by atoms with Gasteiger partial charge in [0.2, 0.25) is 0 Å². The van der Waals surface area contributed by atoms with Crippen molar-refractivity contribution in [2.45, 2.75) is 32.3 Å². The van der Waals surface area contributed by atoms with Gasteiger partial charge in [-0.05, 0) is 25.3 Å². The number of hydrogen-bond acceptors (Lipinski definition) is 1.